The Bertz CT molecular complexity index is 791. The third-order valence-corrected chi connectivity index (χ3v) is 6.26. The zero-order valence-electron chi connectivity index (χ0n) is 16.7. The first-order valence-electron chi connectivity index (χ1n) is 10.2. The number of halogens is 1. The number of morpholine rings is 1. The summed E-state index contributed by atoms with van der Waals surface area (Å²) < 4.78 is 6.00. The number of aliphatic hydroxyl groups excluding tert-OH is 1. The molecule has 0 spiro atoms. The van der Waals surface area contributed by atoms with Crippen LogP contribution in [0.1, 0.15) is 25.3 Å². The van der Waals surface area contributed by atoms with Crippen molar-refractivity contribution in [2.45, 2.75) is 50.5 Å². The number of nitrogens with one attached hydrogen (secondary N) is 1. The van der Waals surface area contributed by atoms with Crippen LogP contribution in [0.2, 0.25) is 5.02 Å². The fourth-order valence-electron chi connectivity index (χ4n) is 4.37. The van der Waals surface area contributed by atoms with Crippen LogP contribution < -0.4 is 10.6 Å². The summed E-state index contributed by atoms with van der Waals surface area (Å²) in [4.78, 5) is 7.75. The normalized spacial score (nSPS) is 25.3. The van der Waals surface area contributed by atoms with E-state index in [9.17, 15) is 5.11 Å². The van der Waals surface area contributed by atoms with E-state index in [1.165, 1.54) is 5.56 Å². The minimum Gasteiger partial charge on any atom is -0.391 e. The molecular formula is C20H29ClN6O2. The zero-order chi connectivity index (χ0) is 20.4. The molecule has 9 heteroatoms. The molecule has 1 aromatic heterocycles. The Morgan fingerprint density at radius 2 is 2.00 bits per heavy atom. The van der Waals surface area contributed by atoms with Crippen LogP contribution >= 0.6 is 11.6 Å². The van der Waals surface area contributed by atoms with Crippen molar-refractivity contribution in [2.75, 3.05) is 36.9 Å². The summed E-state index contributed by atoms with van der Waals surface area (Å²) in [7, 11) is 0. The van der Waals surface area contributed by atoms with Crippen LogP contribution in [0.25, 0.3) is 0 Å². The van der Waals surface area contributed by atoms with Crippen LogP contribution in [0.15, 0.2) is 24.3 Å². The molecule has 4 N–H and O–H groups in total. The van der Waals surface area contributed by atoms with E-state index in [0.717, 1.165) is 49.9 Å². The summed E-state index contributed by atoms with van der Waals surface area (Å²) in [5.41, 5.74) is 6.91. The third-order valence-electron chi connectivity index (χ3n) is 6.01. The predicted octanol–water partition coefficient (Wildman–Crippen LogP) is 1.70. The van der Waals surface area contributed by atoms with Gasteiger partial charge in [-0.2, -0.15) is 0 Å². The van der Waals surface area contributed by atoms with E-state index >= 15 is 0 Å². The van der Waals surface area contributed by atoms with E-state index in [4.69, 9.17) is 22.1 Å². The first-order valence-corrected chi connectivity index (χ1v) is 10.6. The van der Waals surface area contributed by atoms with Crippen LogP contribution in [0.4, 0.5) is 11.9 Å². The average molecular weight is 421 g/mol. The summed E-state index contributed by atoms with van der Waals surface area (Å²) in [5, 5.41) is 18.8. The number of aliphatic hydroxyl groups is 1. The standard InChI is InChI=1S/C20H29ClN6O2/c1-13(28)18-11-27(17(12-29-18)10-14-2-4-15(21)5-3-14)16-6-8-26(9-7-16)20-23-19(22)24-25-20/h2-5,13,16-18,28H,6-12H2,1H3,(H3,22,23,24,25)/t13?,17-,18+/m0/s1. The minimum absolute atomic E-state index is 0.149. The maximum absolute atomic E-state index is 10.1. The molecule has 3 atom stereocenters. The van der Waals surface area contributed by atoms with Crippen molar-refractivity contribution in [3.05, 3.63) is 34.9 Å². The van der Waals surface area contributed by atoms with Gasteiger partial charge in [0.05, 0.1) is 18.8 Å². The van der Waals surface area contributed by atoms with Gasteiger partial charge in [0.2, 0.25) is 11.9 Å². The lowest BCUT2D eigenvalue weighted by atomic mass is 9.95. The molecule has 0 aliphatic carbocycles. The van der Waals surface area contributed by atoms with Crippen LogP contribution in [-0.4, -0.2) is 75.7 Å². The first-order chi connectivity index (χ1) is 14.0. The largest absolute Gasteiger partial charge is 0.391 e. The summed E-state index contributed by atoms with van der Waals surface area (Å²) in [6.07, 6.45) is 2.31. The van der Waals surface area contributed by atoms with E-state index in [-0.39, 0.29) is 12.1 Å². The number of hydrogen-bond acceptors (Lipinski definition) is 7. The van der Waals surface area contributed by atoms with Gasteiger partial charge in [0.15, 0.2) is 0 Å². The smallest absolute Gasteiger partial charge is 0.226 e. The maximum Gasteiger partial charge on any atom is 0.226 e. The predicted molar refractivity (Wildman–Crippen MR) is 113 cm³/mol. The van der Waals surface area contributed by atoms with Gasteiger partial charge in [-0.15, -0.1) is 10.2 Å². The number of nitrogens with two attached hydrogens (primary N) is 1. The van der Waals surface area contributed by atoms with Gasteiger partial charge < -0.3 is 20.5 Å². The van der Waals surface area contributed by atoms with Crippen molar-refractivity contribution in [2.24, 2.45) is 0 Å². The minimum atomic E-state index is -0.480. The number of nitrogens with zero attached hydrogens (tertiary/aromatic N) is 4. The van der Waals surface area contributed by atoms with Gasteiger partial charge in [-0.3, -0.25) is 9.88 Å². The van der Waals surface area contributed by atoms with Crippen molar-refractivity contribution >= 4 is 23.5 Å². The zero-order valence-corrected chi connectivity index (χ0v) is 17.4. The Hall–Kier alpha value is -1.87. The van der Waals surface area contributed by atoms with Crippen molar-refractivity contribution in [1.82, 2.24) is 20.1 Å². The van der Waals surface area contributed by atoms with Crippen LogP contribution in [0.5, 0.6) is 0 Å². The van der Waals surface area contributed by atoms with Gasteiger partial charge in [0, 0.05) is 36.7 Å². The monoisotopic (exact) mass is 420 g/mol. The number of H-pyrrole nitrogens is 1. The second-order valence-corrected chi connectivity index (χ2v) is 8.48. The van der Waals surface area contributed by atoms with Crippen LogP contribution in [-0.2, 0) is 11.2 Å². The lowest BCUT2D eigenvalue weighted by molar-refractivity contribution is -0.120. The molecule has 0 saturated carbocycles. The number of nitrogen functional groups attached to an aromatic ring is 1. The highest BCUT2D eigenvalue weighted by Crippen LogP contribution is 2.27. The van der Waals surface area contributed by atoms with Gasteiger partial charge in [-0.25, -0.2) is 0 Å². The van der Waals surface area contributed by atoms with E-state index in [1.54, 1.807) is 6.92 Å². The lowest BCUT2D eigenvalue weighted by Crippen LogP contribution is -2.59. The number of piperidine rings is 1. The van der Waals surface area contributed by atoms with Gasteiger partial charge in [-0.05, 0) is 43.9 Å². The number of anilines is 2. The van der Waals surface area contributed by atoms with E-state index < -0.39 is 6.10 Å². The Balaban J connectivity index is 1.44. The molecule has 2 aliphatic rings. The quantitative estimate of drug-likeness (QED) is 0.676. The first kappa shape index (κ1) is 20.4. The van der Waals surface area contributed by atoms with E-state index in [1.807, 2.05) is 12.1 Å². The molecule has 2 fully saturated rings. The molecule has 2 saturated heterocycles. The van der Waals surface area contributed by atoms with Crippen molar-refractivity contribution in [3.8, 4) is 0 Å². The van der Waals surface area contributed by atoms with Gasteiger partial charge in [0.1, 0.15) is 0 Å². The Morgan fingerprint density at radius 1 is 1.28 bits per heavy atom. The molecule has 0 bridgehead atoms. The maximum atomic E-state index is 10.1. The van der Waals surface area contributed by atoms with Gasteiger partial charge in [-0.1, -0.05) is 23.7 Å². The van der Waals surface area contributed by atoms with Crippen molar-refractivity contribution < 1.29 is 9.84 Å². The molecule has 4 rings (SSSR count). The molecule has 29 heavy (non-hydrogen) atoms. The highest BCUT2D eigenvalue weighted by molar-refractivity contribution is 6.30. The second-order valence-electron chi connectivity index (χ2n) is 8.05. The summed E-state index contributed by atoms with van der Waals surface area (Å²) in [6, 6.07) is 8.75. The number of benzene rings is 1. The van der Waals surface area contributed by atoms with E-state index in [0.29, 0.717) is 18.6 Å². The molecular weight excluding hydrogens is 392 g/mol. The molecule has 158 valence electrons. The third kappa shape index (κ3) is 4.83. The molecule has 8 nitrogen and oxygen atoms in total. The fourth-order valence-corrected chi connectivity index (χ4v) is 4.49. The van der Waals surface area contributed by atoms with Gasteiger partial charge >= 0.3 is 0 Å². The number of ether oxygens (including phenoxy) is 1. The van der Waals surface area contributed by atoms with E-state index in [2.05, 4.69) is 37.1 Å². The summed E-state index contributed by atoms with van der Waals surface area (Å²) in [6.45, 7) is 4.96. The van der Waals surface area contributed by atoms with Gasteiger partial charge in [0.25, 0.3) is 0 Å². The topological polar surface area (TPSA) is 104 Å². The van der Waals surface area contributed by atoms with Crippen molar-refractivity contribution in [1.29, 1.82) is 0 Å². The van der Waals surface area contributed by atoms with Crippen molar-refractivity contribution in [3.63, 3.8) is 0 Å². The SMILES string of the molecule is CC(O)[C@H]1CN(C2CCN(c3nnc(N)[nH]3)CC2)[C@@H](Cc2ccc(Cl)cc2)CO1. The summed E-state index contributed by atoms with van der Waals surface area (Å²) >= 11 is 6.04. The molecule has 1 unspecified atom stereocenters. The molecule has 3 heterocycles. The molecule has 0 amide bonds. The Labute approximate surface area is 176 Å². The highest BCUT2D eigenvalue weighted by atomic mass is 35.5. The Kier molecular flexibility index (Phi) is 6.24. The Morgan fingerprint density at radius 3 is 2.62 bits per heavy atom. The molecule has 0 radical (unpaired) electrons. The number of rotatable bonds is 5. The number of aromatic amines is 1. The van der Waals surface area contributed by atoms with Crippen LogP contribution in [0.3, 0.4) is 0 Å². The molecule has 1 aromatic carbocycles. The number of aromatic nitrogens is 3. The van der Waals surface area contributed by atoms with Crippen LogP contribution in [0, 0.1) is 0 Å². The summed E-state index contributed by atoms with van der Waals surface area (Å²) in [5.74, 6) is 1.08. The second kappa shape index (κ2) is 8.87. The molecule has 2 aliphatic heterocycles. The fraction of sp³-hybridized carbons (Fsp3) is 0.600. The number of hydrogen-bond donors (Lipinski definition) is 3. The average Bonchev–Trinajstić information content (AvgIpc) is 3.16. The molecule has 2 aromatic rings. The lowest BCUT2D eigenvalue weighted by Gasteiger charge is -2.47. The highest BCUT2D eigenvalue weighted by Gasteiger charge is 2.37.